The van der Waals surface area contributed by atoms with Gasteiger partial charge in [-0.1, -0.05) is 135 Å². The molecule has 22 nitrogen and oxygen atoms in total. The predicted octanol–water partition coefficient (Wildman–Crippen LogP) is 12.8. The fourth-order valence-electron chi connectivity index (χ4n) is 13.6. The van der Waals surface area contributed by atoms with Gasteiger partial charge in [0.15, 0.2) is 0 Å². The molecule has 8 N–H and O–H groups in total. The van der Waals surface area contributed by atoms with E-state index in [1.807, 2.05) is 255 Å². The molecule has 0 aliphatic carbocycles. The van der Waals surface area contributed by atoms with Crippen LogP contribution in [0.1, 0.15) is 223 Å². The zero-order valence-corrected chi connectivity index (χ0v) is 70.8. The largest absolute Gasteiger partial charge is 0.461 e. The van der Waals surface area contributed by atoms with Crippen LogP contribution in [0.25, 0.3) is 31.3 Å². The molecule has 12 atom stereocenters. The first kappa shape index (κ1) is 87.9. The maximum Gasteiger partial charge on any atom is 0.302 e. The second-order valence-corrected chi connectivity index (χ2v) is 38.3. The second-order valence-electron chi connectivity index (χ2n) is 35.7. The number of amides is 6. The van der Waals surface area contributed by atoms with Gasteiger partial charge in [0.2, 0.25) is 35.4 Å². The van der Waals surface area contributed by atoms with Crippen LogP contribution in [0.5, 0.6) is 0 Å². The number of nitrogens with zero attached hydrogens (tertiary/aromatic N) is 6. The molecule has 25 heteroatoms. The number of esters is 1. The molecule has 108 heavy (non-hydrogen) atoms. The Bertz CT molecular complexity index is 3870. The molecular weight excluding hydrogens is 1420 g/mol. The highest BCUT2D eigenvalue weighted by Gasteiger charge is 2.49. The van der Waals surface area contributed by atoms with Gasteiger partial charge in [0.1, 0.15) is 24.2 Å². The highest BCUT2D eigenvalue weighted by atomic mass is 32.1. The number of hydrogen-bond acceptors (Lipinski definition) is 19. The summed E-state index contributed by atoms with van der Waals surface area (Å²) in [6.45, 7) is 49.8. The molecule has 0 radical (unpaired) electrons. The number of carbonyl (C=O) groups excluding carboxylic acids is 7. The number of thiazole rings is 3. The van der Waals surface area contributed by atoms with E-state index in [9.17, 15) is 43.8 Å². The highest BCUT2D eigenvalue weighted by molar-refractivity contribution is 7.14. The van der Waals surface area contributed by atoms with Crippen molar-refractivity contribution in [1.82, 2.24) is 61.6 Å². The number of ether oxygens (including phenoxy) is 1. The molecule has 0 saturated carbocycles. The van der Waals surface area contributed by atoms with E-state index in [0.29, 0.717) is 0 Å². The van der Waals surface area contributed by atoms with Crippen molar-refractivity contribution >= 4 is 75.4 Å². The number of carbonyl (C=O) groups is 7. The topological polar surface area (TPSA) is 290 Å². The zero-order valence-electron chi connectivity index (χ0n) is 68.4. The Morgan fingerprint density at radius 1 is 0.417 bits per heavy atom. The average Bonchev–Trinajstić information content (AvgIpc) is 1.61. The molecule has 0 bridgehead atoms. The average molecular weight is 1540 g/mol. The van der Waals surface area contributed by atoms with Crippen LogP contribution >= 0.6 is 34.0 Å². The molecule has 3 fully saturated rings. The predicted molar refractivity (Wildman–Crippen MR) is 433 cm³/mol. The van der Waals surface area contributed by atoms with Crippen LogP contribution < -0.4 is 31.9 Å². The Hall–Kier alpha value is -7.36. The van der Waals surface area contributed by atoms with E-state index >= 15 is 0 Å². The minimum atomic E-state index is -0.736. The first-order valence-electron chi connectivity index (χ1n) is 37.6. The highest BCUT2D eigenvalue weighted by Crippen LogP contribution is 2.36. The normalized spacial score (nSPS) is 20.2. The number of benzene rings is 3. The Balaban J connectivity index is 0.000000226. The van der Waals surface area contributed by atoms with Gasteiger partial charge in [0, 0.05) is 55.9 Å². The molecule has 3 aliphatic rings. The molecule has 9 rings (SSSR count). The fourth-order valence-corrected chi connectivity index (χ4v) is 16.1. The minimum absolute atomic E-state index is 0.152. The van der Waals surface area contributed by atoms with Gasteiger partial charge >= 0.3 is 5.97 Å². The number of aliphatic hydroxyl groups excluding tert-OH is 2. The van der Waals surface area contributed by atoms with Gasteiger partial charge in [0.05, 0.1) is 103 Å². The summed E-state index contributed by atoms with van der Waals surface area (Å²) in [6.07, 6.45) is -1.23. The third-order valence-electron chi connectivity index (χ3n) is 19.3. The summed E-state index contributed by atoms with van der Waals surface area (Å²) in [6, 6.07) is 19.9. The summed E-state index contributed by atoms with van der Waals surface area (Å²) in [4.78, 5) is 114. The lowest BCUT2D eigenvalue weighted by Gasteiger charge is -2.39. The Kier molecular flexibility index (Phi) is 29.1. The number of aromatic nitrogens is 3. The quantitative estimate of drug-likeness (QED) is 0.0350. The van der Waals surface area contributed by atoms with Crippen molar-refractivity contribution in [1.29, 1.82) is 0 Å². The number of aliphatic hydroxyl groups is 2. The SMILES string of the molecule is CC(=O)O[C@@H]1C[C@@H](C(=O)N[C@@H](C)c2ccc(-c3scnc3C)cc2)N(C(=O)[C@@H](NC(C)(C)C)C(C)(C)C)C1.Cc1ncsc1-c1ccc([C@@H](C)NC(=O)[C@H]2C[C@H](O)CN2C(=O)[C@H](NC(C)(C)C)C(C)(C)C)cc1.Cc1ncsc1-c1ccc([C@H](C)NC(=O)[C@@H]2C[C@@H](O)CN2C(=O)[C@@H](NC(C)(C)C)C(C)(C)C)cc1. The van der Waals surface area contributed by atoms with Crippen LogP contribution in [0.15, 0.2) is 89.3 Å². The lowest BCUT2D eigenvalue weighted by Crippen LogP contribution is -2.60. The number of likely N-dealkylation sites (tertiary alicyclic amines) is 3. The number of β-amino-alcohol motifs (C(OH)–C–C–N with tert-alkyl or cyclic N) is 2. The molecule has 592 valence electrons. The van der Waals surface area contributed by atoms with E-state index in [0.717, 1.165) is 65.1 Å². The van der Waals surface area contributed by atoms with Crippen LogP contribution in [-0.4, -0.2) is 172 Å². The van der Waals surface area contributed by atoms with Crippen LogP contribution in [0, 0.1) is 37.0 Å². The molecule has 6 heterocycles. The van der Waals surface area contributed by atoms with Crippen LogP contribution in [-0.2, 0) is 38.3 Å². The molecule has 0 spiro atoms. The fraction of sp³-hybridized carbons (Fsp3) is 0.590. The van der Waals surface area contributed by atoms with E-state index in [2.05, 4.69) is 46.9 Å². The van der Waals surface area contributed by atoms with Crippen LogP contribution in [0.2, 0.25) is 0 Å². The third-order valence-corrected chi connectivity index (χ3v) is 22.2. The molecule has 6 aromatic rings. The van der Waals surface area contributed by atoms with Crippen LogP contribution in [0.4, 0.5) is 0 Å². The summed E-state index contributed by atoms with van der Waals surface area (Å²) in [5.41, 5.74) is 12.7. The van der Waals surface area contributed by atoms with Crippen molar-refractivity contribution < 1.29 is 48.5 Å². The zero-order chi connectivity index (χ0) is 80.7. The number of rotatable bonds is 19. The van der Waals surface area contributed by atoms with E-state index in [1.54, 1.807) is 48.7 Å². The van der Waals surface area contributed by atoms with Gasteiger partial charge in [-0.25, -0.2) is 15.0 Å². The third kappa shape index (κ3) is 24.1. The summed E-state index contributed by atoms with van der Waals surface area (Å²) in [7, 11) is 0. The summed E-state index contributed by atoms with van der Waals surface area (Å²) < 4.78 is 5.45. The van der Waals surface area contributed by atoms with Gasteiger partial charge in [0.25, 0.3) is 0 Å². The van der Waals surface area contributed by atoms with E-state index in [1.165, 1.54) is 6.92 Å². The van der Waals surface area contributed by atoms with Crippen LogP contribution in [0.3, 0.4) is 0 Å². The molecule has 0 unspecified atom stereocenters. The lowest BCUT2D eigenvalue weighted by molar-refractivity contribution is -0.147. The number of nitrogens with one attached hydrogen (secondary N) is 6. The second kappa shape index (κ2) is 35.8. The van der Waals surface area contributed by atoms with Crippen molar-refractivity contribution in [2.24, 2.45) is 16.2 Å². The lowest BCUT2D eigenvalue weighted by atomic mass is 9.84. The Morgan fingerprint density at radius 2 is 0.667 bits per heavy atom. The molecule has 3 aliphatic heterocycles. The number of aryl methyl sites for hydroxylation is 3. The molecule has 3 saturated heterocycles. The van der Waals surface area contributed by atoms with Crippen molar-refractivity contribution in [3.05, 3.63) is 123 Å². The molecular formula is C83H122N12O10S3. The van der Waals surface area contributed by atoms with Gasteiger partial charge in [-0.15, -0.1) is 34.0 Å². The first-order valence-corrected chi connectivity index (χ1v) is 40.2. The van der Waals surface area contributed by atoms with Crippen molar-refractivity contribution in [2.75, 3.05) is 19.6 Å². The molecule has 6 amide bonds. The summed E-state index contributed by atoms with van der Waals surface area (Å²) in [5.74, 6) is -1.64. The summed E-state index contributed by atoms with van der Waals surface area (Å²) >= 11 is 4.81. The van der Waals surface area contributed by atoms with Crippen molar-refractivity contribution in [3.8, 4) is 31.3 Å². The minimum Gasteiger partial charge on any atom is -0.461 e. The maximum absolute atomic E-state index is 13.9. The van der Waals surface area contributed by atoms with Gasteiger partial charge in [-0.05, 0) is 153 Å². The molecule has 3 aromatic heterocycles. The number of hydrogen-bond donors (Lipinski definition) is 8. The van der Waals surface area contributed by atoms with E-state index in [4.69, 9.17) is 4.74 Å². The first-order chi connectivity index (χ1) is 49.9. The van der Waals surface area contributed by atoms with Gasteiger partial charge in [-0.2, -0.15) is 0 Å². The van der Waals surface area contributed by atoms with Gasteiger partial charge < -0.3 is 61.6 Å². The van der Waals surface area contributed by atoms with Crippen molar-refractivity contribution in [3.63, 3.8) is 0 Å². The Morgan fingerprint density at radius 3 is 0.889 bits per heavy atom. The van der Waals surface area contributed by atoms with E-state index in [-0.39, 0.29) is 120 Å². The molecule has 3 aromatic carbocycles. The van der Waals surface area contributed by atoms with Gasteiger partial charge in [-0.3, -0.25) is 33.6 Å². The van der Waals surface area contributed by atoms with E-state index < -0.39 is 65.9 Å². The monoisotopic (exact) mass is 1540 g/mol. The smallest absolute Gasteiger partial charge is 0.302 e. The summed E-state index contributed by atoms with van der Waals surface area (Å²) in [5, 5.41) is 40.3. The van der Waals surface area contributed by atoms with Crippen molar-refractivity contribution in [2.45, 2.75) is 282 Å². The maximum atomic E-state index is 13.9. The Labute approximate surface area is 653 Å². The standard InChI is InChI=1S/C29H42N4O4S.2C27H40N4O3S/c1-17(20-10-12-21(13-11-20)24-18(2)30-16-38-24)31-26(35)23-14-22(37-19(3)34)15-33(23)27(36)25(28(4,5)6)32-29(7,8)9;2*1-16(18-9-11-19(12-10-18)22-17(2)28-15-35-22)29-24(33)21-13-20(32)14-31(21)25(34)23(26(3,4)5)30-27(6,7)8/h10-13,16-17,22-23,25,32H,14-15H2,1-9H3,(H,31,35);2*9-12,15-16,20-21,23,30,32H,13-14H2,1-8H3,(H,29,33)/t17-,22+,23-,25+;2*16-,20+,21-,23+/m010/s1.